The van der Waals surface area contributed by atoms with Gasteiger partial charge in [0.1, 0.15) is 0 Å². The fourth-order valence-corrected chi connectivity index (χ4v) is 2.56. The topological polar surface area (TPSA) is 12.0 Å². The van der Waals surface area contributed by atoms with Gasteiger partial charge in [-0.2, -0.15) is 13.2 Å². The highest BCUT2D eigenvalue weighted by Crippen LogP contribution is 2.63. The third-order valence-corrected chi connectivity index (χ3v) is 3.23. The molecule has 0 spiro atoms. The van der Waals surface area contributed by atoms with Crippen LogP contribution in [0.15, 0.2) is 0 Å². The van der Waals surface area contributed by atoms with Crippen LogP contribution in [0.3, 0.4) is 0 Å². The minimum Gasteiger partial charge on any atom is -0.317 e. The van der Waals surface area contributed by atoms with Gasteiger partial charge in [-0.15, -0.1) is 0 Å². The highest BCUT2D eigenvalue weighted by molar-refractivity contribution is 5.08. The lowest BCUT2D eigenvalue weighted by molar-refractivity contribution is -0.156. The first-order valence-electron chi connectivity index (χ1n) is 4.28. The standard InChI is InChI=1S/C8H12F3N/c1-12-4-2-5-6(3-4)7(5)8(9,10)11/h4-7,12H,2-3H2,1H3. The first-order valence-corrected chi connectivity index (χ1v) is 4.28. The third kappa shape index (κ3) is 1.13. The Hall–Kier alpha value is -0.250. The minimum atomic E-state index is -3.94. The number of nitrogens with one attached hydrogen (secondary N) is 1. The highest BCUT2D eigenvalue weighted by Gasteiger charge is 2.66. The lowest BCUT2D eigenvalue weighted by Crippen LogP contribution is -2.26. The van der Waals surface area contributed by atoms with Crippen LogP contribution in [-0.2, 0) is 0 Å². The molecule has 0 saturated heterocycles. The second-order valence-corrected chi connectivity index (χ2v) is 3.85. The van der Waals surface area contributed by atoms with Crippen LogP contribution in [0.25, 0.3) is 0 Å². The van der Waals surface area contributed by atoms with Crippen molar-refractivity contribution < 1.29 is 13.2 Å². The molecule has 2 aliphatic rings. The van der Waals surface area contributed by atoms with Crippen LogP contribution >= 0.6 is 0 Å². The second-order valence-electron chi connectivity index (χ2n) is 3.85. The van der Waals surface area contributed by atoms with Gasteiger partial charge in [0.25, 0.3) is 0 Å². The van der Waals surface area contributed by atoms with E-state index in [1.807, 2.05) is 7.05 Å². The molecule has 0 aromatic rings. The molecule has 4 heteroatoms. The minimum absolute atomic E-state index is 0.0672. The maximum atomic E-state index is 12.2. The normalized spacial score (nSPS) is 46.0. The summed E-state index contributed by atoms with van der Waals surface area (Å²) in [5.41, 5.74) is 0. The molecule has 12 heavy (non-hydrogen) atoms. The summed E-state index contributed by atoms with van der Waals surface area (Å²) in [6.07, 6.45) is -2.51. The molecule has 2 fully saturated rings. The summed E-state index contributed by atoms with van der Waals surface area (Å²) < 4.78 is 36.5. The average Bonchev–Trinajstić information content (AvgIpc) is 2.49. The fraction of sp³-hybridized carbons (Fsp3) is 1.00. The van der Waals surface area contributed by atoms with Gasteiger partial charge in [-0.3, -0.25) is 0 Å². The van der Waals surface area contributed by atoms with E-state index in [2.05, 4.69) is 5.32 Å². The molecule has 0 bridgehead atoms. The molecule has 0 aromatic heterocycles. The summed E-state index contributed by atoms with van der Waals surface area (Å²) in [7, 11) is 1.82. The predicted molar refractivity (Wildman–Crippen MR) is 38.6 cm³/mol. The summed E-state index contributed by atoms with van der Waals surface area (Å²) in [5.74, 6) is -1.10. The first kappa shape index (κ1) is 8.35. The van der Waals surface area contributed by atoms with Gasteiger partial charge < -0.3 is 5.32 Å². The van der Waals surface area contributed by atoms with Crippen LogP contribution in [-0.4, -0.2) is 19.3 Å². The molecule has 0 aromatic carbocycles. The Balaban J connectivity index is 1.91. The smallest absolute Gasteiger partial charge is 0.317 e. The van der Waals surface area contributed by atoms with Gasteiger partial charge >= 0.3 is 6.18 Å². The van der Waals surface area contributed by atoms with Gasteiger partial charge in [-0.1, -0.05) is 0 Å². The summed E-state index contributed by atoms with van der Waals surface area (Å²) >= 11 is 0. The third-order valence-electron chi connectivity index (χ3n) is 3.23. The molecule has 70 valence electrons. The molecule has 2 saturated carbocycles. The number of hydrogen-bond donors (Lipinski definition) is 1. The van der Waals surface area contributed by atoms with E-state index in [4.69, 9.17) is 0 Å². The number of fused-ring (bicyclic) bond motifs is 1. The van der Waals surface area contributed by atoms with Gasteiger partial charge in [0.05, 0.1) is 5.92 Å². The van der Waals surface area contributed by atoms with Crippen molar-refractivity contribution in [3.63, 3.8) is 0 Å². The van der Waals surface area contributed by atoms with Gasteiger partial charge in [0.15, 0.2) is 0 Å². The SMILES string of the molecule is CNC1CC2C(C1)C2C(F)(F)F. The maximum Gasteiger partial charge on any atom is 0.392 e. The first-order chi connectivity index (χ1) is 5.54. The summed E-state index contributed by atoms with van der Waals surface area (Å²) in [6, 6.07) is 0.332. The molecule has 2 atom stereocenters. The van der Waals surface area contributed by atoms with E-state index >= 15 is 0 Å². The van der Waals surface area contributed by atoms with E-state index in [0.29, 0.717) is 18.9 Å². The number of hydrogen-bond acceptors (Lipinski definition) is 1. The molecule has 1 nitrogen and oxygen atoms in total. The Morgan fingerprint density at radius 2 is 1.67 bits per heavy atom. The number of alkyl halides is 3. The fourth-order valence-electron chi connectivity index (χ4n) is 2.56. The lowest BCUT2D eigenvalue weighted by atomic mass is 10.1. The summed E-state index contributed by atoms with van der Waals surface area (Å²) in [6.45, 7) is 0. The van der Waals surface area contributed by atoms with Crippen LogP contribution in [0.2, 0.25) is 0 Å². The van der Waals surface area contributed by atoms with Crippen molar-refractivity contribution in [2.24, 2.45) is 17.8 Å². The van der Waals surface area contributed by atoms with E-state index in [-0.39, 0.29) is 11.8 Å². The zero-order valence-corrected chi connectivity index (χ0v) is 6.86. The molecule has 0 amide bonds. The summed E-state index contributed by atoms with van der Waals surface area (Å²) in [4.78, 5) is 0. The van der Waals surface area contributed by atoms with Gasteiger partial charge in [0, 0.05) is 6.04 Å². The largest absolute Gasteiger partial charge is 0.392 e. The van der Waals surface area contributed by atoms with E-state index in [1.165, 1.54) is 0 Å². The van der Waals surface area contributed by atoms with Crippen molar-refractivity contribution in [3.05, 3.63) is 0 Å². The van der Waals surface area contributed by atoms with Crippen molar-refractivity contribution in [2.45, 2.75) is 25.1 Å². The molecular formula is C8H12F3N. The van der Waals surface area contributed by atoms with Crippen LogP contribution < -0.4 is 5.32 Å². The van der Waals surface area contributed by atoms with Crippen molar-refractivity contribution in [1.29, 1.82) is 0 Å². The molecule has 0 radical (unpaired) electrons. The monoisotopic (exact) mass is 179 g/mol. The van der Waals surface area contributed by atoms with Crippen molar-refractivity contribution in [3.8, 4) is 0 Å². The van der Waals surface area contributed by atoms with E-state index in [9.17, 15) is 13.2 Å². The molecular weight excluding hydrogens is 167 g/mol. The van der Waals surface area contributed by atoms with Crippen LogP contribution in [0.1, 0.15) is 12.8 Å². The van der Waals surface area contributed by atoms with E-state index in [1.54, 1.807) is 0 Å². The zero-order chi connectivity index (χ0) is 8.93. The quantitative estimate of drug-likeness (QED) is 0.647. The second kappa shape index (κ2) is 2.37. The van der Waals surface area contributed by atoms with Gasteiger partial charge in [-0.25, -0.2) is 0 Å². The Labute approximate surface area is 69.3 Å². The van der Waals surface area contributed by atoms with Crippen LogP contribution in [0.4, 0.5) is 13.2 Å². The zero-order valence-electron chi connectivity index (χ0n) is 6.86. The summed E-state index contributed by atoms with van der Waals surface area (Å²) in [5, 5.41) is 3.03. The molecule has 0 heterocycles. The van der Waals surface area contributed by atoms with E-state index in [0.717, 1.165) is 0 Å². The van der Waals surface area contributed by atoms with Crippen LogP contribution in [0, 0.1) is 17.8 Å². The molecule has 0 aliphatic heterocycles. The Bertz CT molecular complexity index is 177. The van der Waals surface area contributed by atoms with Gasteiger partial charge in [-0.05, 0) is 31.7 Å². The average molecular weight is 179 g/mol. The Morgan fingerprint density at radius 1 is 1.17 bits per heavy atom. The van der Waals surface area contributed by atoms with Crippen molar-refractivity contribution in [2.75, 3.05) is 7.05 Å². The molecule has 2 aliphatic carbocycles. The Kier molecular flexibility index (Phi) is 1.65. The predicted octanol–water partition coefficient (Wildman–Crippen LogP) is 1.79. The Morgan fingerprint density at radius 3 is 2.00 bits per heavy atom. The number of rotatable bonds is 1. The maximum absolute atomic E-state index is 12.2. The van der Waals surface area contributed by atoms with E-state index < -0.39 is 12.1 Å². The van der Waals surface area contributed by atoms with Crippen molar-refractivity contribution >= 4 is 0 Å². The molecule has 1 N–H and O–H groups in total. The van der Waals surface area contributed by atoms with Crippen LogP contribution in [0.5, 0.6) is 0 Å². The van der Waals surface area contributed by atoms with Gasteiger partial charge in [0.2, 0.25) is 0 Å². The number of halogens is 3. The highest BCUT2D eigenvalue weighted by atomic mass is 19.4. The molecule has 2 unspecified atom stereocenters. The van der Waals surface area contributed by atoms with Crippen molar-refractivity contribution in [1.82, 2.24) is 5.32 Å². The molecule has 2 rings (SSSR count). The lowest BCUT2D eigenvalue weighted by Gasteiger charge is -2.14.